The van der Waals surface area contributed by atoms with Crippen molar-refractivity contribution in [2.45, 2.75) is 53.4 Å². The Bertz CT molecular complexity index is 1420. The standard InChI is InChI=1S/C31H31NO5S.C3H8O.C2H6/c1-21-8-6-7-11-25(21)27-18-22(12-14-26(27)30(33)32-28(31(34)35)16-17-38-2)19-36-20-24-13-15-29(37-24)23-9-4-3-5-10-23;1-3-4-2;1-2/h3-15,18,28H,16-17,19-20H2,1-2H3,(H,32,33)(H,34,35);3H2,1-2H3;1-2H3. The van der Waals surface area contributed by atoms with Crippen molar-refractivity contribution in [1.82, 2.24) is 5.32 Å². The molecule has 0 bridgehead atoms. The van der Waals surface area contributed by atoms with Gasteiger partial charge >= 0.3 is 5.97 Å². The quantitative estimate of drug-likeness (QED) is 0.155. The molecule has 4 aromatic rings. The van der Waals surface area contributed by atoms with Crippen molar-refractivity contribution in [2.75, 3.05) is 25.7 Å². The Morgan fingerprint density at radius 1 is 0.932 bits per heavy atom. The number of amides is 1. The molecule has 1 aromatic heterocycles. The van der Waals surface area contributed by atoms with E-state index in [2.05, 4.69) is 10.1 Å². The number of carboxylic acid groups (broad SMARTS) is 1. The van der Waals surface area contributed by atoms with E-state index in [1.165, 1.54) is 0 Å². The molecule has 0 saturated heterocycles. The van der Waals surface area contributed by atoms with Gasteiger partial charge in [0.2, 0.25) is 0 Å². The lowest BCUT2D eigenvalue weighted by atomic mass is 9.93. The Hall–Kier alpha value is -3.85. The summed E-state index contributed by atoms with van der Waals surface area (Å²) in [5.41, 5.74) is 4.99. The van der Waals surface area contributed by atoms with Crippen LogP contribution in [0.4, 0.5) is 0 Å². The second-order valence-electron chi connectivity index (χ2n) is 9.54. The first kappa shape index (κ1) is 36.3. The normalized spacial score (nSPS) is 11.0. The number of aryl methyl sites for hydroxylation is 1. The van der Waals surface area contributed by atoms with Crippen molar-refractivity contribution in [3.8, 4) is 22.5 Å². The number of nitrogens with one attached hydrogen (secondary N) is 1. The molecule has 1 heterocycles. The molecule has 0 aliphatic heterocycles. The molecular weight excluding hydrogens is 574 g/mol. The smallest absolute Gasteiger partial charge is 0.326 e. The van der Waals surface area contributed by atoms with Gasteiger partial charge in [-0.05, 0) is 78.8 Å². The first-order chi connectivity index (χ1) is 21.4. The molecule has 0 saturated carbocycles. The minimum absolute atomic E-state index is 0.310. The first-order valence-electron chi connectivity index (χ1n) is 14.8. The molecule has 8 heteroatoms. The number of carbonyl (C=O) groups excluding carboxylic acids is 1. The van der Waals surface area contributed by atoms with E-state index in [0.29, 0.717) is 31.0 Å². The van der Waals surface area contributed by atoms with Crippen LogP contribution in [0.2, 0.25) is 0 Å². The molecule has 0 fully saturated rings. The summed E-state index contributed by atoms with van der Waals surface area (Å²) in [6.45, 7) is 9.40. The maximum atomic E-state index is 13.2. The largest absolute Gasteiger partial charge is 0.480 e. The Labute approximate surface area is 266 Å². The van der Waals surface area contributed by atoms with Crippen molar-refractivity contribution >= 4 is 23.6 Å². The Morgan fingerprint density at radius 2 is 1.61 bits per heavy atom. The van der Waals surface area contributed by atoms with Gasteiger partial charge in [0.1, 0.15) is 24.2 Å². The molecular formula is C36H45NO6S. The van der Waals surface area contributed by atoms with Gasteiger partial charge in [0.25, 0.3) is 5.91 Å². The highest BCUT2D eigenvalue weighted by atomic mass is 32.2. The first-order valence-corrected chi connectivity index (χ1v) is 16.2. The monoisotopic (exact) mass is 619 g/mol. The van der Waals surface area contributed by atoms with Crippen molar-refractivity contribution in [2.24, 2.45) is 0 Å². The summed E-state index contributed by atoms with van der Waals surface area (Å²) < 4.78 is 16.4. The third-order valence-corrected chi connectivity index (χ3v) is 7.14. The number of thioether (sulfide) groups is 1. The Morgan fingerprint density at radius 3 is 2.25 bits per heavy atom. The number of aliphatic carboxylic acids is 1. The lowest BCUT2D eigenvalue weighted by Gasteiger charge is -2.17. The van der Waals surface area contributed by atoms with Crippen LogP contribution in [0.25, 0.3) is 22.5 Å². The highest BCUT2D eigenvalue weighted by Crippen LogP contribution is 2.29. The molecule has 1 atom stereocenters. The molecule has 44 heavy (non-hydrogen) atoms. The van der Waals surface area contributed by atoms with E-state index in [1.807, 2.05) is 113 Å². The number of benzene rings is 3. The maximum Gasteiger partial charge on any atom is 0.326 e. The predicted molar refractivity (Wildman–Crippen MR) is 180 cm³/mol. The van der Waals surface area contributed by atoms with Crippen LogP contribution < -0.4 is 5.32 Å². The lowest BCUT2D eigenvalue weighted by molar-refractivity contribution is -0.139. The fourth-order valence-corrected chi connectivity index (χ4v) is 4.66. The van der Waals surface area contributed by atoms with Gasteiger partial charge < -0.3 is 24.3 Å². The highest BCUT2D eigenvalue weighted by Gasteiger charge is 2.22. The zero-order valence-electron chi connectivity index (χ0n) is 26.6. The molecule has 3 aromatic carbocycles. The number of hydrogen-bond donors (Lipinski definition) is 2. The Balaban J connectivity index is 0.00000104. The molecule has 0 radical (unpaired) electrons. The number of methoxy groups -OCH3 is 1. The van der Waals surface area contributed by atoms with Crippen LogP contribution in [0.15, 0.2) is 89.3 Å². The number of rotatable bonds is 13. The summed E-state index contributed by atoms with van der Waals surface area (Å²) in [6.07, 6.45) is 2.26. The molecule has 236 valence electrons. The van der Waals surface area contributed by atoms with Crippen LogP contribution in [0.1, 0.15) is 54.4 Å². The molecule has 1 amide bonds. The fourth-order valence-electron chi connectivity index (χ4n) is 4.19. The van der Waals surface area contributed by atoms with E-state index in [0.717, 1.165) is 45.9 Å². The van der Waals surface area contributed by atoms with Crippen molar-refractivity contribution in [1.29, 1.82) is 0 Å². The van der Waals surface area contributed by atoms with Crippen LogP contribution in [0.3, 0.4) is 0 Å². The molecule has 4 rings (SSSR count). The van der Waals surface area contributed by atoms with Crippen LogP contribution in [0.5, 0.6) is 0 Å². The molecule has 0 aliphatic rings. The SMILES string of the molecule is CC.CCOC.CSCCC(NC(=O)c1ccc(COCc2ccc(-c3ccccc3)o2)cc1-c1ccccc1C)C(=O)O. The van der Waals surface area contributed by atoms with Gasteiger partial charge in [-0.1, -0.05) is 74.5 Å². The van der Waals surface area contributed by atoms with E-state index in [-0.39, 0.29) is 0 Å². The van der Waals surface area contributed by atoms with E-state index < -0.39 is 17.9 Å². The van der Waals surface area contributed by atoms with E-state index in [9.17, 15) is 14.7 Å². The summed E-state index contributed by atoms with van der Waals surface area (Å²) in [5.74, 6) is 0.708. The van der Waals surface area contributed by atoms with Gasteiger partial charge in [-0.25, -0.2) is 4.79 Å². The number of hydrogen-bond acceptors (Lipinski definition) is 6. The Kier molecular flexibility index (Phi) is 16.7. The van der Waals surface area contributed by atoms with Crippen LogP contribution in [-0.4, -0.2) is 48.8 Å². The molecule has 1 unspecified atom stereocenters. The third-order valence-electron chi connectivity index (χ3n) is 6.50. The molecule has 2 N–H and O–H groups in total. The number of furan rings is 1. The van der Waals surface area contributed by atoms with E-state index >= 15 is 0 Å². The maximum absolute atomic E-state index is 13.2. The highest BCUT2D eigenvalue weighted by molar-refractivity contribution is 7.98. The number of carbonyl (C=O) groups is 2. The zero-order chi connectivity index (χ0) is 32.3. The number of carboxylic acids is 1. The minimum Gasteiger partial charge on any atom is -0.480 e. The molecule has 7 nitrogen and oxygen atoms in total. The van der Waals surface area contributed by atoms with Gasteiger partial charge in [-0.3, -0.25) is 4.79 Å². The average Bonchev–Trinajstić information content (AvgIpc) is 3.53. The summed E-state index contributed by atoms with van der Waals surface area (Å²) in [5, 5.41) is 12.3. The van der Waals surface area contributed by atoms with Crippen LogP contribution in [0, 0.1) is 6.92 Å². The predicted octanol–water partition coefficient (Wildman–Crippen LogP) is 8.25. The minimum atomic E-state index is -1.04. The van der Waals surface area contributed by atoms with Gasteiger partial charge in [0, 0.05) is 24.8 Å². The van der Waals surface area contributed by atoms with Crippen molar-refractivity contribution in [3.05, 3.63) is 107 Å². The zero-order valence-corrected chi connectivity index (χ0v) is 27.4. The van der Waals surface area contributed by atoms with Gasteiger partial charge in [-0.15, -0.1) is 0 Å². The summed E-state index contributed by atoms with van der Waals surface area (Å²) in [4.78, 5) is 24.9. The van der Waals surface area contributed by atoms with E-state index in [1.54, 1.807) is 24.9 Å². The summed E-state index contributed by atoms with van der Waals surface area (Å²) in [6, 6.07) is 26.1. The molecule has 0 aliphatic carbocycles. The van der Waals surface area contributed by atoms with Crippen molar-refractivity contribution in [3.63, 3.8) is 0 Å². The van der Waals surface area contributed by atoms with Crippen LogP contribution in [-0.2, 0) is 27.5 Å². The van der Waals surface area contributed by atoms with Gasteiger partial charge in [-0.2, -0.15) is 11.8 Å². The van der Waals surface area contributed by atoms with Gasteiger partial charge in [0.05, 0.1) is 6.61 Å². The molecule has 0 spiro atoms. The summed E-state index contributed by atoms with van der Waals surface area (Å²) in [7, 11) is 1.68. The van der Waals surface area contributed by atoms with Crippen molar-refractivity contribution < 1.29 is 28.6 Å². The second kappa shape index (κ2) is 20.2. The van der Waals surface area contributed by atoms with Crippen LogP contribution >= 0.6 is 11.8 Å². The van der Waals surface area contributed by atoms with Gasteiger partial charge in [0.15, 0.2) is 0 Å². The topological polar surface area (TPSA) is 98.0 Å². The fraction of sp³-hybridized carbons (Fsp3) is 0.333. The average molecular weight is 620 g/mol. The van der Waals surface area contributed by atoms with E-state index in [4.69, 9.17) is 9.15 Å². The lowest BCUT2D eigenvalue weighted by Crippen LogP contribution is -2.41. The third kappa shape index (κ3) is 11.3. The summed E-state index contributed by atoms with van der Waals surface area (Å²) >= 11 is 1.54. The number of ether oxygens (including phenoxy) is 2. The second-order valence-corrected chi connectivity index (χ2v) is 10.5.